The molecule has 0 fully saturated rings. The van der Waals surface area contributed by atoms with Crippen molar-refractivity contribution in [2.24, 2.45) is 0 Å². The number of hydrogen-bond donors (Lipinski definition) is 2. The number of carbonyl (C=O) groups excluding carboxylic acids is 1. The molecule has 0 saturated carbocycles. The summed E-state index contributed by atoms with van der Waals surface area (Å²) in [6.07, 6.45) is 0. The molecule has 0 radical (unpaired) electrons. The lowest BCUT2D eigenvalue weighted by atomic mass is 10.2. The molecule has 0 aliphatic rings. The number of nitrogens with one attached hydrogen (secondary N) is 1. The van der Waals surface area contributed by atoms with Crippen LogP contribution in [-0.4, -0.2) is 54.2 Å². The monoisotopic (exact) mass is 308 g/mol. The minimum Gasteiger partial charge on any atom is -0.492 e. The van der Waals surface area contributed by atoms with E-state index in [1.54, 1.807) is 24.3 Å². The van der Waals surface area contributed by atoms with Crippen molar-refractivity contribution in [2.75, 3.05) is 26.2 Å². The van der Waals surface area contributed by atoms with E-state index >= 15 is 0 Å². The van der Waals surface area contributed by atoms with Crippen molar-refractivity contribution < 1.29 is 19.4 Å². The lowest BCUT2D eigenvalue weighted by Gasteiger charge is -2.18. The number of likely N-dealkylation sites (N-methyl/N-ethyl adjacent to an activating group) is 1. The van der Waals surface area contributed by atoms with Gasteiger partial charge in [-0.3, -0.25) is 9.59 Å². The van der Waals surface area contributed by atoms with Crippen molar-refractivity contribution in [3.8, 4) is 5.75 Å². The Hall–Kier alpha value is -2.08. The van der Waals surface area contributed by atoms with E-state index in [2.05, 4.69) is 24.1 Å². The second kappa shape index (κ2) is 9.04. The van der Waals surface area contributed by atoms with Gasteiger partial charge in [0.2, 0.25) is 0 Å². The fourth-order valence-electron chi connectivity index (χ4n) is 1.88. The highest BCUT2D eigenvalue weighted by molar-refractivity contribution is 5.96. The number of amides is 1. The molecule has 2 N–H and O–H groups in total. The highest BCUT2D eigenvalue weighted by Gasteiger charge is 2.15. The summed E-state index contributed by atoms with van der Waals surface area (Å²) in [6, 6.07) is 5.75. The average Bonchev–Trinajstić information content (AvgIpc) is 2.52. The van der Waals surface area contributed by atoms with E-state index < -0.39 is 17.9 Å². The first kappa shape index (κ1) is 18.0. The Morgan fingerprint density at radius 2 is 1.82 bits per heavy atom. The van der Waals surface area contributed by atoms with Crippen LogP contribution in [0.2, 0.25) is 0 Å². The van der Waals surface area contributed by atoms with E-state index in [4.69, 9.17) is 9.84 Å². The average molecular weight is 308 g/mol. The van der Waals surface area contributed by atoms with E-state index in [0.29, 0.717) is 17.9 Å². The molecule has 0 spiro atoms. The Balaban J connectivity index is 2.49. The predicted molar refractivity (Wildman–Crippen MR) is 84.3 cm³/mol. The van der Waals surface area contributed by atoms with E-state index in [0.717, 1.165) is 19.6 Å². The zero-order valence-corrected chi connectivity index (χ0v) is 13.3. The van der Waals surface area contributed by atoms with Crippen molar-refractivity contribution in [1.29, 1.82) is 0 Å². The zero-order valence-electron chi connectivity index (χ0n) is 13.3. The molecular weight excluding hydrogens is 284 g/mol. The first-order chi connectivity index (χ1) is 10.5. The summed E-state index contributed by atoms with van der Waals surface area (Å²) in [5, 5.41) is 11.2. The van der Waals surface area contributed by atoms with Gasteiger partial charge in [0.15, 0.2) is 0 Å². The van der Waals surface area contributed by atoms with Crippen LogP contribution in [-0.2, 0) is 4.79 Å². The molecule has 6 heteroatoms. The fraction of sp³-hybridized carbons (Fsp3) is 0.500. The number of nitrogens with zero attached hydrogens (tertiary/aromatic N) is 1. The number of benzene rings is 1. The molecule has 0 aromatic heterocycles. The van der Waals surface area contributed by atoms with Gasteiger partial charge in [0.05, 0.1) is 0 Å². The predicted octanol–water partition coefficient (Wildman–Crippen LogP) is 1.61. The number of ether oxygens (including phenoxy) is 1. The maximum Gasteiger partial charge on any atom is 0.325 e. The number of rotatable bonds is 9. The molecule has 1 rings (SSSR count). The summed E-state index contributed by atoms with van der Waals surface area (Å²) in [5.74, 6) is -0.788. The number of carboxylic acid groups (broad SMARTS) is 1. The Morgan fingerprint density at radius 1 is 1.23 bits per heavy atom. The van der Waals surface area contributed by atoms with Gasteiger partial charge >= 0.3 is 5.97 Å². The van der Waals surface area contributed by atoms with Gasteiger partial charge in [-0.25, -0.2) is 0 Å². The molecule has 0 unspecified atom stereocenters. The molecule has 22 heavy (non-hydrogen) atoms. The van der Waals surface area contributed by atoms with Gasteiger partial charge in [0, 0.05) is 12.1 Å². The summed E-state index contributed by atoms with van der Waals surface area (Å²) in [6.45, 7) is 9.05. The molecule has 0 heterocycles. The van der Waals surface area contributed by atoms with Crippen LogP contribution in [0.1, 0.15) is 31.1 Å². The topological polar surface area (TPSA) is 78.9 Å². The van der Waals surface area contributed by atoms with Crippen LogP contribution >= 0.6 is 0 Å². The summed E-state index contributed by atoms with van der Waals surface area (Å²) < 4.78 is 5.63. The maximum atomic E-state index is 11.8. The van der Waals surface area contributed by atoms with Crippen LogP contribution in [0, 0.1) is 0 Å². The van der Waals surface area contributed by atoms with Crippen molar-refractivity contribution in [2.45, 2.75) is 26.8 Å². The Labute approximate surface area is 131 Å². The van der Waals surface area contributed by atoms with Crippen molar-refractivity contribution in [1.82, 2.24) is 10.2 Å². The van der Waals surface area contributed by atoms with Crippen LogP contribution in [0.15, 0.2) is 24.3 Å². The summed E-state index contributed by atoms with van der Waals surface area (Å²) in [4.78, 5) is 24.8. The molecule has 122 valence electrons. The van der Waals surface area contributed by atoms with Crippen LogP contribution in [0.5, 0.6) is 5.75 Å². The Kier molecular flexibility index (Phi) is 7.39. The molecule has 1 aromatic rings. The van der Waals surface area contributed by atoms with E-state index in [1.807, 2.05) is 0 Å². The first-order valence-electron chi connectivity index (χ1n) is 7.46. The van der Waals surface area contributed by atoms with Crippen molar-refractivity contribution in [3.05, 3.63) is 29.8 Å². The van der Waals surface area contributed by atoms with Gasteiger partial charge in [-0.05, 0) is 44.3 Å². The van der Waals surface area contributed by atoms with Crippen LogP contribution < -0.4 is 10.1 Å². The highest BCUT2D eigenvalue weighted by atomic mass is 16.5. The quantitative estimate of drug-likeness (QED) is 0.724. The fourth-order valence-corrected chi connectivity index (χ4v) is 1.88. The molecule has 1 amide bonds. The molecule has 0 aliphatic heterocycles. The minimum atomic E-state index is -1.07. The first-order valence-corrected chi connectivity index (χ1v) is 7.46. The molecule has 0 aliphatic carbocycles. The minimum absolute atomic E-state index is 0.407. The zero-order chi connectivity index (χ0) is 16.5. The lowest BCUT2D eigenvalue weighted by molar-refractivity contribution is -0.138. The molecule has 6 nitrogen and oxygen atoms in total. The van der Waals surface area contributed by atoms with E-state index in [-0.39, 0.29) is 0 Å². The van der Waals surface area contributed by atoms with Crippen LogP contribution in [0.3, 0.4) is 0 Å². The summed E-state index contributed by atoms with van der Waals surface area (Å²) in [5.41, 5.74) is 0.407. The second-order valence-corrected chi connectivity index (χ2v) is 4.93. The summed E-state index contributed by atoms with van der Waals surface area (Å²) in [7, 11) is 0. The third-order valence-corrected chi connectivity index (χ3v) is 3.41. The van der Waals surface area contributed by atoms with Crippen molar-refractivity contribution >= 4 is 11.9 Å². The Bertz CT molecular complexity index is 483. The molecule has 0 bridgehead atoms. The van der Waals surface area contributed by atoms with Gasteiger partial charge in [-0.1, -0.05) is 13.8 Å². The molecule has 0 saturated heterocycles. The Morgan fingerprint density at radius 3 is 2.32 bits per heavy atom. The number of hydrogen-bond acceptors (Lipinski definition) is 4. The van der Waals surface area contributed by atoms with Gasteiger partial charge in [-0.2, -0.15) is 0 Å². The second-order valence-electron chi connectivity index (χ2n) is 4.93. The van der Waals surface area contributed by atoms with E-state index in [1.165, 1.54) is 6.92 Å². The normalized spacial score (nSPS) is 12.0. The highest BCUT2D eigenvalue weighted by Crippen LogP contribution is 2.12. The smallest absolute Gasteiger partial charge is 0.325 e. The number of carboxylic acids is 1. The van der Waals surface area contributed by atoms with Gasteiger partial charge in [-0.15, -0.1) is 0 Å². The van der Waals surface area contributed by atoms with Crippen LogP contribution in [0.4, 0.5) is 0 Å². The number of carbonyl (C=O) groups is 2. The lowest BCUT2D eigenvalue weighted by Crippen LogP contribution is -2.38. The van der Waals surface area contributed by atoms with E-state index in [9.17, 15) is 9.59 Å². The maximum absolute atomic E-state index is 11.8. The van der Waals surface area contributed by atoms with Gasteiger partial charge in [0.25, 0.3) is 5.91 Å². The van der Waals surface area contributed by atoms with Gasteiger partial charge < -0.3 is 20.1 Å². The van der Waals surface area contributed by atoms with Crippen LogP contribution in [0.25, 0.3) is 0 Å². The van der Waals surface area contributed by atoms with Crippen molar-refractivity contribution in [3.63, 3.8) is 0 Å². The standard InChI is InChI=1S/C16H24N2O4/c1-4-18(5-2)10-11-22-14-8-6-13(7-9-14)15(19)17-12(3)16(20)21/h6-9,12H,4-5,10-11H2,1-3H3,(H,17,19)(H,20,21)/t12-/m1/s1. The molecule has 1 aromatic carbocycles. The largest absolute Gasteiger partial charge is 0.492 e. The number of aliphatic carboxylic acids is 1. The third kappa shape index (κ3) is 5.73. The molecular formula is C16H24N2O4. The summed E-state index contributed by atoms with van der Waals surface area (Å²) >= 11 is 0. The SMILES string of the molecule is CCN(CC)CCOc1ccc(C(=O)N[C@H](C)C(=O)O)cc1. The molecule has 1 atom stereocenters. The third-order valence-electron chi connectivity index (χ3n) is 3.41. The van der Waals surface area contributed by atoms with Gasteiger partial charge in [0.1, 0.15) is 18.4 Å².